The third-order valence-corrected chi connectivity index (χ3v) is 4.59. The van der Waals surface area contributed by atoms with Gasteiger partial charge in [-0.1, -0.05) is 6.92 Å². The maximum atomic E-state index is 12.1. The molecule has 20 heavy (non-hydrogen) atoms. The molecule has 0 saturated carbocycles. The number of aliphatic carboxylic acids is 1. The Kier molecular flexibility index (Phi) is 5.86. The van der Waals surface area contributed by atoms with Gasteiger partial charge in [-0.15, -0.1) is 0 Å². The summed E-state index contributed by atoms with van der Waals surface area (Å²) >= 11 is 0. The van der Waals surface area contributed by atoms with Crippen molar-refractivity contribution >= 4 is 5.97 Å². The second-order valence-corrected chi connectivity index (χ2v) is 5.83. The van der Waals surface area contributed by atoms with Crippen molar-refractivity contribution in [2.75, 3.05) is 13.1 Å². The number of alkyl halides is 3. The van der Waals surface area contributed by atoms with Crippen LogP contribution in [-0.2, 0) is 4.79 Å². The zero-order valence-corrected chi connectivity index (χ0v) is 12.2. The van der Waals surface area contributed by atoms with Crippen LogP contribution in [0.15, 0.2) is 0 Å². The molecular formula is C14H24F3NO2. The molecule has 0 amide bonds. The molecule has 118 valence electrons. The van der Waals surface area contributed by atoms with Crippen molar-refractivity contribution in [3.63, 3.8) is 0 Å². The molecule has 6 heteroatoms. The highest BCUT2D eigenvalue weighted by atomic mass is 19.4. The minimum absolute atomic E-state index is 0.0843. The van der Waals surface area contributed by atoms with Crippen molar-refractivity contribution in [1.29, 1.82) is 0 Å². The van der Waals surface area contributed by atoms with E-state index in [1.165, 1.54) is 0 Å². The fourth-order valence-electron chi connectivity index (χ4n) is 2.89. The van der Waals surface area contributed by atoms with Crippen LogP contribution in [0.25, 0.3) is 0 Å². The van der Waals surface area contributed by atoms with E-state index >= 15 is 0 Å². The smallest absolute Gasteiger partial charge is 0.389 e. The minimum Gasteiger partial charge on any atom is -0.481 e. The van der Waals surface area contributed by atoms with Gasteiger partial charge in [0.05, 0.1) is 5.41 Å². The average molecular weight is 295 g/mol. The summed E-state index contributed by atoms with van der Waals surface area (Å²) in [7, 11) is 0. The van der Waals surface area contributed by atoms with Gasteiger partial charge in [0.2, 0.25) is 0 Å². The Balaban J connectivity index is 2.39. The van der Waals surface area contributed by atoms with Crippen LogP contribution in [0.4, 0.5) is 13.2 Å². The molecule has 3 nitrogen and oxygen atoms in total. The molecule has 1 unspecified atom stereocenters. The molecule has 0 aromatic heterocycles. The molecule has 0 aromatic carbocycles. The van der Waals surface area contributed by atoms with Gasteiger partial charge in [0.1, 0.15) is 0 Å². The number of carbonyl (C=O) groups is 1. The number of hydrogen-bond donors (Lipinski definition) is 1. The molecule has 0 bridgehead atoms. The van der Waals surface area contributed by atoms with E-state index in [1.54, 1.807) is 0 Å². The lowest BCUT2D eigenvalue weighted by atomic mass is 9.76. The lowest BCUT2D eigenvalue weighted by molar-refractivity contribution is -0.153. The Morgan fingerprint density at radius 1 is 1.35 bits per heavy atom. The van der Waals surface area contributed by atoms with Crippen molar-refractivity contribution in [2.45, 2.75) is 64.6 Å². The first-order valence-electron chi connectivity index (χ1n) is 7.24. The van der Waals surface area contributed by atoms with E-state index in [4.69, 9.17) is 0 Å². The second-order valence-electron chi connectivity index (χ2n) is 5.83. The van der Waals surface area contributed by atoms with E-state index in [1.807, 2.05) is 13.8 Å². The standard InChI is InChI=1S/C14H24F3NO2/c1-3-13(12(19)20)7-9-18(10-8-13)11(2)5-4-6-14(15,16)17/h11H,3-10H2,1-2H3,(H,19,20). The Hall–Kier alpha value is -0.780. The summed E-state index contributed by atoms with van der Waals surface area (Å²) in [6, 6.07) is 0.0843. The quantitative estimate of drug-likeness (QED) is 0.812. The zero-order valence-electron chi connectivity index (χ0n) is 12.2. The Bertz CT molecular complexity index is 323. The van der Waals surface area contributed by atoms with Gasteiger partial charge in [0.15, 0.2) is 0 Å². The summed E-state index contributed by atoms with van der Waals surface area (Å²) < 4.78 is 36.3. The summed E-state index contributed by atoms with van der Waals surface area (Å²) in [6.07, 6.45) is -2.39. The van der Waals surface area contributed by atoms with E-state index in [-0.39, 0.29) is 12.5 Å². The predicted octanol–water partition coefficient (Wildman–Crippen LogP) is 3.68. The SMILES string of the molecule is CCC1(C(=O)O)CCN(C(C)CCCC(F)(F)F)CC1. The predicted molar refractivity (Wildman–Crippen MR) is 70.5 cm³/mol. The molecule has 1 heterocycles. The van der Waals surface area contributed by atoms with Crippen LogP contribution in [0, 0.1) is 5.41 Å². The summed E-state index contributed by atoms with van der Waals surface area (Å²) in [4.78, 5) is 13.4. The van der Waals surface area contributed by atoms with E-state index in [2.05, 4.69) is 4.90 Å². The molecule has 1 fully saturated rings. The molecule has 1 N–H and O–H groups in total. The summed E-state index contributed by atoms with van der Waals surface area (Å²) in [5.41, 5.74) is -0.637. The van der Waals surface area contributed by atoms with Crippen LogP contribution in [0.3, 0.4) is 0 Å². The van der Waals surface area contributed by atoms with Crippen LogP contribution < -0.4 is 0 Å². The van der Waals surface area contributed by atoms with Gasteiger partial charge in [-0.05, 0) is 52.1 Å². The van der Waals surface area contributed by atoms with Crippen LogP contribution >= 0.6 is 0 Å². The van der Waals surface area contributed by atoms with Crippen molar-refractivity contribution < 1.29 is 23.1 Å². The maximum absolute atomic E-state index is 12.1. The van der Waals surface area contributed by atoms with Crippen molar-refractivity contribution in [3.8, 4) is 0 Å². The Morgan fingerprint density at radius 2 is 1.90 bits per heavy atom. The fourth-order valence-corrected chi connectivity index (χ4v) is 2.89. The van der Waals surface area contributed by atoms with Gasteiger partial charge in [0.25, 0.3) is 0 Å². The van der Waals surface area contributed by atoms with Crippen LogP contribution in [0.5, 0.6) is 0 Å². The lowest BCUT2D eigenvalue weighted by Gasteiger charge is -2.41. The number of carboxylic acids is 1. The number of rotatable bonds is 6. The fraction of sp³-hybridized carbons (Fsp3) is 0.929. The van der Waals surface area contributed by atoms with Gasteiger partial charge in [-0.3, -0.25) is 4.79 Å². The average Bonchev–Trinajstić information content (AvgIpc) is 2.37. The van der Waals surface area contributed by atoms with Gasteiger partial charge >= 0.3 is 12.1 Å². The molecule has 1 saturated heterocycles. The highest BCUT2D eigenvalue weighted by Crippen LogP contribution is 2.36. The van der Waals surface area contributed by atoms with E-state index in [9.17, 15) is 23.1 Å². The molecule has 0 spiro atoms. The van der Waals surface area contributed by atoms with Gasteiger partial charge < -0.3 is 10.0 Å². The van der Waals surface area contributed by atoms with Gasteiger partial charge in [-0.25, -0.2) is 0 Å². The van der Waals surface area contributed by atoms with E-state index in [0.29, 0.717) is 38.8 Å². The van der Waals surface area contributed by atoms with Crippen molar-refractivity contribution in [1.82, 2.24) is 4.90 Å². The summed E-state index contributed by atoms with van der Waals surface area (Å²) in [6.45, 7) is 5.13. The summed E-state index contributed by atoms with van der Waals surface area (Å²) in [5, 5.41) is 9.30. The normalized spacial score (nSPS) is 21.6. The van der Waals surface area contributed by atoms with Crippen LogP contribution in [0.2, 0.25) is 0 Å². The lowest BCUT2D eigenvalue weighted by Crippen LogP contribution is -2.47. The largest absolute Gasteiger partial charge is 0.481 e. The van der Waals surface area contributed by atoms with E-state index < -0.39 is 24.0 Å². The molecule has 0 aliphatic carbocycles. The monoisotopic (exact) mass is 295 g/mol. The number of carboxylic acid groups (broad SMARTS) is 1. The van der Waals surface area contributed by atoms with Crippen molar-refractivity contribution in [3.05, 3.63) is 0 Å². The number of piperidine rings is 1. The molecule has 1 aliphatic rings. The molecule has 1 aliphatic heterocycles. The number of likely N-dealkylation sites (tertiary alicyclic amines) is 1. The third kappa shape index (κ3) is 4.65. The number of halogens is 3. The van der Waals surface area contributed by atoms with Crippen LogP contribution in [-0.4, -0.2) is 41.3 Å². The molecule has 0 aromatic rings. The third-order valence-electron chi connectivity index (χ3n) is 4.59. The molecular weight excluding hydrogens is 271 g/mol. The van der Waals surface area contributed by atoms with Gasteiger partial charge in [-0.2, -0.15) is 13.2 Å². The van der Waals surface area contributed by atoms with Crippen molar-refractivity contribution in [2.24, 2.45) is 5.41 Å². The first kappa shape index (κ1) is 17.3. The number of hydrogen-bond acceptors (Lipinski definition) is 2. The first-order valence-corrected chi connectivity index (χ1v) is 7.24. The second kappa shape index (κ2) is 6.78. The van der Waals surface area contributed by atoms with Crippen LogP contribution in [0.1, 0.15) is 52.4 Å². The Labute approximate surface area is 118 Å². The summed E-state index contributed by atoms with van der Waals surface area (Å²) in [5.74, 6) is -0.746. The number of nitrogens with zero attached hydrogens (tertiary/aromatic N) is 1. The Morgan fingerprint density at radius 3 is 2.30 bits per heavy atom. The maximum Gasteiger partial charge on any atom is 0.389 e. The first-order chi connectivity index (χ1) is 9.20. The molecule has 1 rings (SSSR count). The highest BCUT2D eigenvalue weighted by Gasteiger charge is 2.40. The topological polar surface area (TPSA) is 40.5 Å². The van der Waals surface area contributed by atoms with E-state index in [0.717, 1.165) is 0 Å². The highest BCUT2D eigenvalue weighted by molar-refractivity contribution is 5.74. The zero-order chi connectivity index (χ0) is 15.4. The van der Waals surface area contributed by atoms with Gasteiger partial charge in [0, 0.05) is 12.5 Å². The molecule has 0 radical (unpaired) electrons. The minimum atomic E-state index is -4.08. The molecule has 1 atom stereocenters.